The summed E-state index contributed by atoms with van der Waals surface area (Å²) in [4.78, 5) is 56.7. The molecule has 0 aromatic carbocycles. The van der Waals surface area contributed by atoms with E-state index in [2.05, 4.69) is 0 Å². The van der Waals surface area contributed by atoms with E-state index in [1.165, 1.54) is 0 Å². The molecule has 0 aliphatic carbocycles. The third kappa shape index (κ3) is 4.66. The average Bonchev–Trinajstić information content (AvgIpc) is 1.99. The zero-order chi connectivity index (χ0) is 13.1. The predicted octanol–water partition coefficient (Wildman–Crippen LogP) is 0.283. The fourth-order valence-corrected chi connectivity index (χ4v) is 1.69. The Bertz CT molecular complexity index is 351. The summed E-state index contributed by atoms with van der Waals surface area (Å²) in [7, 11) is 0. The van der Waals surface area contributed by atoms with Gasteiger partial charge in [-0.05, 0) is 27.7 Å². The molecule has 0 fully saturated rings. The molecule has 0 aromatic rings. The van der Waals surface area contributed by atoms with Gasteiger partial charge in [-0.1, -0.05) is 0 Å². The van der Waals surface area contributed by atoms with Crippen LogP contribution < -0.4 is 0 Å². The van der Waals surface area contributed by atoms with Crippen LogP contribution in [-0.4, -0.2) is 28.9 Å². The van der Waals surface area contributed by atoms with Crippen LogP contribution >= 0.6 is 0 Å². The minimum atomic E-state index is -2.29. The van der Waals surface area contributed by atoms with Gasteiger partial charge in [-0.3, -0.25) is 24.0 Å². The molecule has 0 radical (unpaired) electrons. The summed E-state index contributed by atoms with van der Waals surface area (Å²) in [5.74, 6) is -3.93. The minimum absolute atomic E-state index is 0. The number of carbonyl (C=O) groups is 5. The molecule has 5 nitrogen and oxygen atoms in total. The molecule has 0 heterocycles. The maximum Gasteiger partial charge on any atom is 0.202 e. The van der Waals surface area contributed by atoms with Crippen LogP contribution in [0.25, 0.3) is 0 Å². The second-order valence-electron chi connectivity index (χ2n) is 3.72. The van der Waals surface area contributed by atoms with Gasteiger partial charge >= 0.3 is 0 Å². The van der Waals surface area contributed by atoms with E-state index >= 15 is 0 Å². The Balaban J connectivity index is -0.00000112. The molecule has 0 amide bonds. The smallest absolute Gasteiger partial charge is 0.202 e. The van der Waals surface area contributed by atoms with Crippen molar-refractivity contribution in [2.45, 2.75) is 34.1 Å². The second kappa shape index (κ2) is 9.09. The fourth-order valence-electron chi connectivity index (χ4n) is 1.69. The van der Waals surface area contributed by atoms with Gasteiger partial charge in [-0.15, -0.1) is 0 Å². The first-order chi connectivity index (χ1) is 7.17. The molecule has 18 heavy (non-hydrogen) atoms. The summed E-state index contributed by atoms with van der Waals surface area (Å²) in [6.07, 6.45) is -0.585. The zero-order valence-electron chi connectivity index (χ0n) is 10.7. The quantitative estimate of drug-likeness (QED) is 0.590. The molecular weight excluding hydrogens is 395 g/mol. The standard InChI is InChI=1S/C11H14O5.2Zr/c1-6(12)5-10(16)11(7(2)13,8(3)14)9(4)15;;/h5H2,1-4H3;;. The average molecular weight is 409 g/mol. The van der Waals surface area contributed by atoms with Gasteiger partial charge in [0.1, 0.15) is 5.78 Å². The van der Waals surface area contributed by atoms with Crippen molar-refractivity contribution in [2.24, 2.45) is 5.41 Å². The third-order valence-corrected chi connectivity index (χ3v) is 2.41. The van der Waals surface area contributed by atoms with Gasteiger partial charge in [-0.2, -0.15) is 0 Å². The molecule has 0 unspecified atom stereocenters. The molecule has 0 aromatic heterocycles. The van der Waals surface area contributed by atoms with Gasteiger partial charge in [0, 0.05) is 52.4 Å². The predicted molar refractivity (Wildman–Crippen MR) is 54.8 cm³/mol. The van der Waals surface area contributed by atoms with E-state index in [1.807, 2.05) is 0 Å². The van der Waals surface area contributed by atoms with Crippen LogP contribution in [0, 0.1) is 5.41 Å². The van der Waals surface area contributed by atoms with Crippen LogP contribution in [0.5, 0.6) is 0 Å². The first-order valence-corrected chi connectivity index (χ1v) is 4.73. The maximum atomic E-state index is 11.7. The fraction of sp³-hybridized carbons (Fsp3) is 0.545. The van der Waals surface area contributed by atoms with Gasteiger partial charge in [0.05, 0.1) is 6.42 Å². The first-order valence-electron chi connectivity index (χ1n) is 4.73. The van der Waals surface area contributed by atoms with Crippen molar-refractivity contribution in [3.63, 3.8) is 0 Å². The van der Waals surface area contributed by atoms with Crippen LogP contribution in [0.4, 0.5) is 0 Å². The molecule has 0 aliphatic rings. The Morgan fingerprint density at radius 3 is 1.17 bits per heavy atom. The van der Waals surface area contributed by atoms with E-state index in [0.717, 1.165) is 27.7 Å². The topological polar surface area (TPSA) is 85.3 Å². The first kappa shape index (κ1) is 23.2. The Hall–Kier alpha value is 0.116. The van der Waals surface area contributed by atoms with Crippen LogP contribution in [0.15, 0.2) is 0 Å². The molecular formula is C11H14O5Zr2. The van der Waals surface area contributed by atoms with Crippen LogP contribution in [0.3, 0.4) is 0 Å². The molecule has 0 atom stereocenters. The second-order valence-corrected chi connectivity index (χ2v) is 3.72. The van der Waals surface area contributed by atoms with Gasteiger partial charge in [0.2, 0.25) is 5.41 Å². The van der Waals surface area contributed by atoms with Crippen LogP contribution in [0.2, 0.25) is 0 Å². The molecule has 0 rings (SSSR count). The van der Waals surface area contributed by atoms with Crippen molar-refractivity contribution >= 4 is 28.9 Å². The van der Waals surface area contributed by atoms with E-state index in [0.29, 0.717) is 0 Å². The minimum Gasteiger partial charge on any atom is -0.300 e. The summed E-state index contributed by atoms with van der Waals surface area (Å²) in [6.45, 7) is 4.16. The van der Waals surface area contributed by atoms with Crippen molar-refractivity contribution in [1.29, 1.82) is 0 Å². The number of Topliss-reactive ketones (excluding diaryl/α,β-unsaturated/α-hetero) is 5. The maximum absolute atomic E-state index is 11.7. The Kier molecular flexibility index (Phi) is 11.7. The summed E-state index contributed by atoms with van der Waals surface area (Å²) in [5.41, 5.74) is -2.29. The summed E-state index contributed by atoms with van der Waals surface area (Å²) in [5, 5.41) is 0. The Morgan fingerprint density at radius 1 is 0.722 bits per heavy atom. The van der Waals surface area contributed by atoms with Crippen molar-refractivity contribution in [3.8, 4) is 0 Å². The number of carbonyl (C=O) groups excluding carboxylic acids is 5. The van der Waals surface area contributed by atoms with Crippen LogP contribution in [0.1, 0.15) is 34.1 Å². The number of rotatable bonds is 6. The normalized spacial score (nSPS) is 9.56. The van der Waals surface area contributed by atoms with Crippen molar-refractivity contribution in [3.05, 3.63) is 0 Å². The summed E-state index contributed by atoms with van der Waals surface area (Å²) in [6, 6.07) is 0. The van der Waals surface area contributed by atoms with Crippen LogP contribution in [-0.2, 0) is 76.4 Å². The van der Waals surface area contributed by atoms with Gasteiger partial charge < -0.3 is 0 Å². The van der Waals surface area contributed by atoms with Crippen molar-refractivity contribution in [1.82, 2.24) is 0 Å². The van der Waals surface area contributed by atoms with E-state index in [9.17, 15) is 24.0 Å². The van der Waals surface area contributed by atoms with Gasteiger partial charge in [0.25, 0.3) is 0 Å². The van der Waals surface area contributed by atoms with Gasteiger partial charge in [-0.25, -0.2) is 0 Å². The molecule has 0 aliphatic heterocycles. The van der Waals surface area contributed by atoms with Gasteiger partial charge in [0.15, 0.2) is 23.1 Å². The van der Waals surface area contributed by atoms with E-state index in [4.69, 9.17) is 0 Å². The SMILES string of the molecule is CC(=O)CC(=O)C(C(C)=O)(C(C)=O)C(C)=O.[Zr].[Zr]. The molecule has 0 spiro atoms. The Labute approximate surface area is 144 Å². The summed E-state index contributed by atoms with van der Waals surface area (Å²) >= 11 is 0. The Morgan fingerprint density at radius 2 is 1.00 bits per heavy atom. The van der Waals surface area contributed by atoms with E-state index in [1.54, 1.807) is 0 Å². The molecule has 96 valence electrons. The number of hydrogen-bond acceptors (Lipinski definition) is 5. The summed E-state index contributed by atoms with van der Waals surface area (Å²) < 4.78 is 0. The molecule has 0 bridgehead atoms. The monoisotopic (exact) mass is 406 g/mol. The molecule has 0 N–H and O–H groups in total. The van der Waals surface area contributed by atoms with Crippen molar-refractivity contribution < 1.29 is 76.4 Å². The van der Waals surface area contributed by atoms with E-state index in [-0.39, 0.29) is 52.4 Å². The number of hydrogen-bond donors (Lipinski definition) is 0. The third-order valence-electron chi connectivity index (χ3n) is 2.41. The number of ketones is 5. The molecule has 7 heteroatoms. The molecule has 0 saturated heterocycles. The zero-order valence-corrected chi connectivity index (χ0v) is 15.7. The largest absolute Gasteiger partial charge is 0.300 e. The van der Waals surface area contributed by atoms with E-state index < -0.39 is 40.8 Å². The molecule has 0 saturated carbocycles. The van der Waals surface area contributed by atoms with Crippen molar-refractivity contribution in [2.75, 3.05) is 0 Å².